The standard InChI is InChI=1S/C24H23N3O3/c1-24(14-13-17-7-3-2-4-8-17)22(29)27(23(30)26-24)16-21(28)25-20-12-11-18-9-5-6-10-19(18)15-20/h2-12,15H,13-14,16H2,1H3,(H,25,28)(H,26,30)/t24-/m1/s1. The first-order chi connectivity index (χ1) is 14.4. The quantitative estimate of drug-likeness (QED) is 0.618. The van der Waals surface area contributed by atoms with Crippen LogP contribution in [0.4, 0.5) is 10.5 Å². The van der Waals surface area contributed by atoms with Gasteiger partial charge >= 0.3 is 6.03 Å². The molecule has 30 heavy (non-hydrogen) atoms. The van der Waals surface area contributed by atoms with E-state index >= 15 is 0 Å². The number of hydrogen-bond acceptors (Lipinski definition) is 3. The first-order valence-electron chi connectivity index (χ1n) is 9.91. The van der Waals surface area contributed by atoms with E-state index in [9.17, 15) is 14.4 Å². The highest BCUT2D eigenvalue weighted by molar-refractivity contribution is 6.10. The molecule has 6 heteroatoms. The highest BCUT2D eigenvalue weighted by Gasteiger charge is 2.47. The Balaban J connectivity index is 1.40. The zero-order valence-corrected chi connectivity index (χ0v) is 16.7. The van der Waals surface area contributed by atoms with E-state index in [4.69, 9.17) is 0 Å². The van der Waals surface area contributed by atoms with E-state index in [2.05, 4.69) is 10.6 Å². The molecule has 1 heterocycles. The third-order valence-corrected chi connectivity index (χ3v) is 5.44. The number of nitrogens with zero attached hydrogens (tertiary/aromatic N) is 1. The summed E-state index contributed by atoms with van der Waals surface area (Å²) in [5.41, 5.74) is 0.696. The summed E-state index contributed by atoms with van der Waals surface area (Å²) in [6.45, 7) is 1.38. The van der Waals surface area contributed by atoms with Crippen molar-refractivity contribution in [1.29, 1.82) is 0 Å². The lowest BCUT2D eigenvalue weighted by Crippen LogP contribution is -2.45. The lowest BCUT2D eigenvalue weighted by Gasteiger charge is -2.21. The number of aryl methyl sites for hydroxylation is 1. The maximum atomic E-state index is 12.9. The Labute approximate surface area is 174 Å². The molecule has 0 saturated carbocycles. The van der Waals surface area contributed by atoms with Crippen molar-refractivity contribution in [2.45, 2.75) is 25.3 Å². The zero-order valence-electron chi connectivity index (χ0n) is 16.7. The molecule has 4 rings (SSSR count). The van der Waals surface area contributed by atoms with E-state index in [-0.39, 0.29) is 12.5 Å². The molecule has 0 spiro atoms. The summed E-state index contributed by atoms with van der Waals surface area (Å²) in [6.07, 6.45) is 1.12. The molecule has 3 aromatic carbocycles. The van der Waals surface area contributed by atoms with Crippen molar-refractivity contribution in [3.8, 4) is 0 Å². The minimum Gasteiger partial charge on any atom is -0.325 e. The normalized spacial score (nSPS) is 18.5. The van der Waals surface area contributed by atoms with Crippen molar-refractivity contribution in [3.63, 3.8) is 0 Å². The molecule has 0 aromatic heterocycles. The van der Waals surface area contributed by atoms with Gasteiger partial charge in [0.15, 0.2) is 0 Å². The average Bonchev–Trinajstić information content (AvgIpc) is 2.96. The summed E-state index contributed by atoms with van der Waals surface area (Å²) in [5, 5.41) is 7.59. The number of urea groups is 1. The first kappa shape index (κ1) is 19.6. The molecule has 0 radical (unpaired) electrons. The second-order valence-electron chi connectivity index (χ2n) is 7.75. The number of nitrogens with one attached hydrogen (secondary N) is 2. The number of fused-ring (bicyclic) bond motifs is 1. The predicted molar refractivity (Wildman–Crippen MR) is 116 cm³/mol. The van der Waals surface area contributed by atoms with Crippen molar-refractivity contribution in [2.75, 3.05) is 11.9 Å². The lowest BCUT2D eigenvalue weighted by atomic mass is 9.93. The van der Waals surface area contributed by atoms with Gasteiger partial charge < -0.3 is 10.6 Å². The van der Waals surface area contributed by atoms with Gasteiger partial charge in [0, 0.05) is 5.69 Å². The summed E-state index contributed by atoms with van der Waals surface area (Å²) in [6, 6.07) is 22.7. The van der Waals surface area contributed by atoms with E-state index in [1.165, 1.54) is 0 Å². The van der Waals surface area contributed by atoms with Gasteiger partial charge in [0.25, 0.3) is 5.91 Å². The lowest BCUT2D eigenvalue weighted by molar-refractivity contribution is -0.133. The van der Waals surface area contributed by atoms with Gasteiger partial charge in [-0.25, -0.2) is 4.79 Å². The minimum atomic E-state index is -1.02. The van der Waals surface area contributed by atoms with Crippen LogP contribution in [0.3, 0.4) is 0 Å². The fourth-order valence-electron chi connectivity index (χ4n) is 3.71. The molecule has 0 bridgehead atoms. The number of hydrogen-bond donors (Lipinski definition) is 2. The van der Waals surface area contributed by atoms with Crippen LogP contribution in [0.15, 0.2) is 72.8 Å². The Morgan fingerprint density at radius 2 is 1.67 bits per heavy atom. The molecule has 2 N–H and O–H groups in total. The molecule has 4 amide bonds. The van der Waals surface area contributed by atoms with E-state index in [0.717, 1.165) is 21.2 Å². The van der Waals surface area contributed by atoms with Crippen molar-refractivity contribution < 1.29 is 14.4 Å². The highest BCUT2D eigenvalue weighted by Crippen LogP contribution is 2.24. The van der Waals surface area contributed by atoms with Crippen LogP contribution in [-0.2, 0) is 16.0 Å². The van der Waals surface area contributed by atoms with Crippen LogP contribution in [0.2, 0.25) is 0 Å². The summed E-state index contributed by atoms with van der Waals surface area (Å²) in [5.74, 6) is -0.793. The van der Waals surface area contributed by atoms with Crippen LogP contribution in [0.25, 0.3) is 10.8 Å². The number of carbonyl (C=O) groups is 3. The van der Waals surface area contributed by atoms with Gasteiger partial charge in [-0.1, -0.05) is 60.7 Å². The molecule has 3 aromatic rings. The molecule has 0 unspecified atom stereocenters. The molecule has 1 aliphatic rings. The smallest absolute Gasteiger partial charge is 0.325 e. The molecule has 0 aliphatic carbocycles. The van der Waals surface area contributed by atoms with Crippen LogP contribution in [-0.4, -0.2) is 34.8 Å². The molecule has 6 nitrogen and oxygen atoms in total. The first-order valence-corrected chi connectivity index (χ1v) is 9.91. The SMILES string of the molecule is C[C@]1(CCc2ccccc2)NC(=O)N(CC(=O)Nc2ccc3ccccc3c2)C1=O. The third-order valence-electron chi connectivity index (χ3n) is 5.44. The second kappa shape index (κ2) is 7.99. The number of rotatable bonds is 6. The fourth-order valence-corrected chi connectivity index (χ4v) is 3.71. The Hall–Kier alpha value is -3.67. The van der Waals surface area contributed by atoms with Crippen LogP contribution in [0.1, 0.15) is 18.9 Å². The average molecular weight is 401 g/mol. The predicted octanol–water partition coefficient (Wildman–Crippen LogP) is 3.72. The van der Waals surface area contributed by atoms with Crippen LogP contribution in [0, 0.1) is 0 Å². The van der Waals surface area contributed by atoms with Crippen molar-refractivity contribution in [1.82, 2.24) is 10.2 Å². The van der Waals surface area contributed by atoms with Crippen LogP contribution >= 0.6 is 0 Å². The van der Waals surface area contributed by atoms with Gasteiger partial charge in [0.05, 0.1) is 0 Å². The molecule has 152 valence electrons. The number of carbonyl (C=O) groups excluding carboxylic acids is 3. The van der Waals surface area contributed by atoms with Crippen LogP contribution in [0.5, 0.6) is 0 Å². The molecule has 1 atom stereocenters. The van der Waals surface area contributed by atoms with Gasteiger partial charge in [0.1, 0.15) is 12.1 Å². The van der Waals surface area contributed by atoms with E-state index < -0.39 is 17.5 Å². The summed E-state index contributed by atoms with van der Waals surface area (Å²) in [4.78, 5) is 38.8. The van der Waals surface area contributed by atoms with E-state index in [1.54, 1.807) is 13.0 Å². The Kier molecular flexibility index (Phi) is 5.23. The molecular formula is C24H23N3O3. The van der Waals surface area contributed by atoms with Gasteiger partial charge in [-0.15, -0.1) is 0 Å². The topological polar surface area (TPSA) is 78.5 Å². The maximum Gasteiger partial charge on any atom is 0.325 e. The monoisotopic (exact) mass is 401 g/mol. The zero-order chi connectivity index (χ0) is 21.1. The Morgan fingerprint density at radius 3 is 2.43 bits per heavy atom. The van der Waals surface area contributed by atoms with Crippen LogP contribution < -0.4 is 10.6 Å². The fraction of sp³-hybridized carbons (Fsp3) is 0.208. The molecule has 1 aliphatic heterocycles. The molecule has 1 saturated heterocycles. The third kappa shape index (κ3) is 4.03. The summed E-state index contributed by atoms with van der Waals surface area (Å²) in [7, 11) is 0. The van der Waals surface area contributed by atoms with Crippen molar-refractivity contribution >= 4 is 34.3 Å². The molecular weight excluding hydrogens is 378 g/mol. The second-order valence-corrected chi connectivity index (χ2v) is 7.75. The number of anilines is 1. The van der Waals surface area contributed by atoms with Crippen molar-refractivity contribution in [3.05, 3.63) is 78.4 Å². The molecule has 1 fully saturated rings. The summed E-state index contributed by atoms with van der Waals surface area (Å²) < 4.78 is 0. The Bertz CT molecular complexity index is 1110. The largest absolute Gasteiger partial charge is 0.325 e. The number of imide groups is 1. The van der Waals surface area contributed by atoms with Crippen molar-refractivity contribution in [2.24, 2.45) is 0 Å². The number of amides is 4. The maximum absolute atomic E-state index is 12.9. The summed E-state index contributed by atoms with van der Waals surface area (Å²) >= 11 is 0. The van der Waals surface area contributed by atoms with Gasteiger partial charge in [0.2, 0.25) is 5.91 Å². The van der Waals surface area contributed by atoms with Gasteiger partial charge in [-0.3, -0.25) is 14.5 Å². The minimum absolute atomic E-state index is 0.321. The number of benzene rings is 3. The highest BCUT2D eigenvalue weighted by atomic mass is 16.2. The van der Waals surface area contributed by atoms with E-state index in [0.29, 0.717) is 18.5 Å². The van der Waals surface area contributed by atoms with E-state index in [1.807, 2.05) is 66.7 Å². The van der Waals surface area contributed by atoms with Gasteiger partial charge in [-0.05, 0) is 48.2 Å². The van der Waals surface area contributed by atoms with Gasteiger partial charge in [-0.2, -0.15) is 0 Å². The Morgan fingerprint density at radius 1 is 0.967 bits per heavy atom.